The highest BCUT2D eigenvalue weighted by Gasteiger charge is 2.18. The van der Waals surface area contributed by atoms with Crippen molar-refractivity contribution in [1.29, 1.82) is 0 Å². The molecule has 0 aliphatic heterocycles. The van der Waals surface area contributed by atoms with E-state index in [0.717, 1.165) is 12.8 Å². The second-order valence-corrected chi connectivity index (χ2v) is 7.03. The van der Waals surface area contributed by atoms with Crippen molar-refractivity contribution >= 4 is 51.5 Å². The van der Waals surface area contributed by atoms with Crippen LogP contribution in [-0.2, 0) is 0 Å². The van der Waals surface area contributed by atoms with Crippen molar-refractivity contribution < 1.29 is 9.59 Å². The number of nitrogens with one attached hydrogen (secondary N) is 1. The molecule has 0 spiro atoms. The van der Waals surface area contributed by atoms with Gasteiger partial charge < -0.3 is 4.90 Å². The Labute approximate surface area is 161 Å². The summed E-state index contributed by atoms with van der Waals surface area (Å²) in [5, 5.41) is 5.38. The van der Waals surface area contributed by atoms with Gasteiger partial charge in [-0.3, -0.25) is 14.9 Å². The Morgan fingerprint density at radius 1 is 1.24 bits per heavy atom. The SMILES string of the molecule is CCCCN(CC)C(=O)c1csc(NC(=O)c2ccc(Cl)c(Cl)c2)n1. The summed E-state index contributed by atoms with van der Waals surface area (Å²) in [6.45, 7) is 5.35. The van der Waals surface area contributed by atoms with Crippen LogP contribution in [0.25, 0.3) is 0 Å². The number of rotatable bonds is 7. The third kappa shape index (κ3) is 5.17. The zero-order valence-electron chi connectivity index (χ0n) is 14.0. The van der Waals surface area contributed by atoms with Gasteiger partial charge >= 0.3 is 0 Å². The van der Waals surface area contributed by atoms with Gasteiger partial charge in [-0.2, -0.15) is 0 Å². The van der Waals surface area contributed by atoms with Gasteiger partial charge in [-0.15, -0.1) is 11.3 Å². The standard InChI is InChI=1S/C17H19Cl2N3O2S/c1-3-5-8-22(4-2)16(24)14-10-25-17(20-14)21-15(23)11-6-7-12(18)13(19)9-11/h6-7,9-10H,3-5,8H2,1-2H3,(H,20,21,23). The molecule has 0 saturated heterocycles. The van der Waals surface area contributed by atoms with Gasteiger partial charge in [0.05, 0.1) is 10.0 Å². The van der Waals surface area contributed by atoms with Gasteiger partial charge in [0, 0.05) is 24.0 Å². The van der Waals surface area contributed by atoms with E-state index >= 15 is 0 Å². The second kappa shape index (κ2) is 9.17. The first kappa shape index (κ1) is 19.7. The molecule has 0 radical (unpaired) electrons. The van der Waals surface area contributed by atoms with Crippen LogP contribution < -0.4 is 5.32 Å². The molecule has 2 rings (SSSR count). The van der Waals surface area contributed by atoms with Gasteiger partial charge in [0.1, 0.15) is 5.69 Å². The average Bonchev–Trinajstić information content (AvgIpc) is 3.06. The lowest BCUT2D eigenvalue weighted by molar-refractivity contribution is 0.0757. The number of amides is 2. The van der Waals surface area contributed by atoms with Crippen LogP contribution >= 0.6 is 34.5 Å². The molecule has 8 heteroatoms. The minimum Gasteiger partial charge on any atom is -0.338 e. The summed E-state index contributed by atoms with van der Waals surface area (Å²) in [7, 11) is 0. The number of carbonyl (C=O) groups is 2. The first-order chi connectivity index (χ1) is 12.0. The lowest BCUT2D eigenvalue weighted by Gasteiger charge is -2.19. The average molecular weight is 400 g/mol. The third-order valence-corrected chi connectivity index (χ3v) is 5.07. The normalized spacial score (nSPS) is 10.6. The molecule has 1 aromatic heterocycles. The van der Waals surface area contributed by atoms with E-state index in [1.165, 1.54) is 17.4 Å². The van der Waals surface area contributed by atoms with Gasteiger partial charge in [-0.1, -0.05) is 36.5 Å². The molecular weight excluding hydrogens is 381 g/mol. The first-order valence-electron chi connectivity index (χ1n) is 7.97. The Hall–Kier alpha value is -1.63. The van der Waals surface area contributed by atoms with Gasteiger partial charge in [-0.25, -0.2) is 4.98 Å². The van der Waals surface area contributed by atoms with E-state index < -0.39 is 0 Å². The maximum atomic E-state index is 12.5. The molecule has 134 valence electrons. The van der Waals surface area contributed by atoms with E-state index in [2.05, 4.69) is 17.2 Å². The van der Waals surface area contributed by atoms with Crippen LogP contribution in [0.5, 0.6) is 0 Å². The number of thiazole rings is 1. The van der Waals surface area contributed by atoms with Gasteiger partial charge in [0.25, 0.3) is 11.8 Å². The zero-order chi connectivity index (χ0) is 18.4. The molecular formula is C17H19Cl2N3O2S. The van der Waals surface area contributed by atoms with E-state index in [4.69, 9.17) is 23.2 Å². The maximum absolute atomic E-state index is 12.5. The fraction of sp³-hybridized carbons (Fsp3) is 0.353. The topological polar surface area (TPSA) is 62.3 Å². The maximum Gasteiger partial charge on any atom is 0.273 e. The largest absolute Gasteiger partial charge is 0.338 e. The second-order valence-electron chi connectivity index (χ2n) is 5.36. The summed E-state index contributed by atoms with van der Waals surface area (Å²) in [6, 6.07) is 4.62. The smallest absolute Gasteiger partial charge is 0.273 e. The highest BCUT2D eigenvalue weighted by atomic mass is 35.5. The summed E-state index contributed by atoms with van der Waals surface area (Å²) < 4.78 is 0. The molecule has 0 unspecified atom stereocenters. The molecule has 0 fully saturated rings. The number of aromatic nitrogens is 1. The Balaban J connectivity index is 2.06. The van der Waals surface area contributed by atoms with Crippen molar-refractivity contribution in [3.05, 3.63) is 44.9 Å². The number of halogens is 2. The molecule has 5 nitrogen and oxygen atoms in total. The molecule has 1 N–H and O–H groups in total. The van der Waals surface area contributed by atoms with Crippen molar-refractivity contribution in [3.8, 4) is 0 Å². The monoisotopic (exact) mass is 399 g/mol. The van der Waals surface area contributed by atoms with Crippen LogP contribution in [-0.4, -0.2) is 34.8 Å². The van der Waals surface area contributed by atoms with E-state index in [1.807, 2.05) is 6.92 Å². The Morgan fingerprint density at radius 2 is 2.00 bits per heavy atom. The molecule has 0 saturated carbocycles. The lowest BCUT2D eigenvalue weighted by atomic mass is 10.2. The van der Waals surface area contributed by atoms with Gasteiger partial charge in [0.2, 0.25) is 0 Å². The van der Waals surface area contributed by atoms with E-state index in [-0.39, 0.29) is 11.8 Å². The number of anilines is 1. The van der Waals surface area contributed by atoms with Crippen molar-refractivity contribution in [1.82, 2.24) is 9.88 Å². The molecule has 0 aliphatic carbocycles. The van der Waals surface area contributed by atoms with E-state index in [0.29, 0.717) is 39.5 Å². The van der Waals surface area contributed by atoms with E-state index in [9.17, 15) is 9.59 Å². The fourth-order valence-electron chi connectivity index (χ4n) is 2.15. The number of unbranched alkanes of at least 4 members (excludes halogenated alkanes) is 1. The molecule has 0 bridgehead atoms. The van der Waals surface area contributed by atoms with Gasteiger partial charge in [-0.05, 0) is 31.5 Å². The number of carbonyl (C=O) groups excluding carboxylic acids is 2. The van der Waals surface area contributed by atoms with Crippen molar-refractivity contribution in [2.75, 3.05) is 18.4 Å². The summed E-state index contributed by atoms with van der Waals surface area (Å²) in [6.07, 6.45) is 1.97. The summed E-state index contributed by atoms with van der Waals surface area (Å²) in [4.78, 5) is 30.7. The number of nitrogens with zero attached hydrogens (tertiary/aromatic N) is 2. The zero-order valence-corrected chi connectivity index (χ0v) is 16.3. The van der Waals surface area contributed by atoms with Crippen LogP contribution in [0.15, 0.2) is 23.6 Å². The Morgan fingerprint density at radius 3 is 2.64 bits per heavy atom. The van der Waals surface area contributed by atoms with Crippen molar-refractivity contribution in [2.24, 2.45) is 0 Å². The van der Waals surface area contributed by atoms with Crippen LogP contribution in [0.1, 0.15) is 47.5 Å². The summed E-state index contributed by atoms with van der Waals surface area (Å²) in [5.74, 6) is -0.479. The fourth-order valence-corrected chi connectivity index (χ4v) is 3.13. The van der Waals surface area contributed by atoms with Crippen molar-refractivity contribution in [3.63, 3.8) is 0 Å². The Kier molecular flexibility index (Phi) is 7.23. The lowest BCUT2D eigenvalue weighted by Crippen LogP contribution is -2.32. The molecule has 0 aliphatic rings. The first-order valence-corrected chi connectivity index (χ1v) is 9.61. The molecule has 25 heavy (non-hydrogen) atoms. The van der Waals surface area contributed by atoms with E-state index in [1.54, 1.807) is 22.4 Å². The van der Waals surface area contributed by atoms with Crippen molar-refractivity contribution in [2.45, 2.75) is 26.7 Å². The highest BCUT2D eigenvalue weighted by Crippen LogP contribution is 2.24. The van der Waals surface area contributed by atoms with Crippen LogP contribution in [0.2, 0.25) is 10.0 Å². The minimum atomic E-state index is -0.356. The number of hydrogen-bond donors (Lipinski definition) is 1. The molecule has 1 aromatic carbocycles. The highest BCUT2D eigenvalue weighted by molar-refractivity contribution is 7.14. The molecule has 1 heterocycles. The number of hydrogen-bond acceptors (Lipinski definition) is 4. The summed E-state index contributed by atoms with van der Waals surface area (Å²) in [5.41, 5.74) is 0.711. The summed E-state index contributed by atoms with van der Waals surface area (Å²) >= 11 is 13.0. The van der Waals surface area contributed by atoms with Gasteiger partial charge in [0.15, 0.2) is 5.13 Å². The third-order valence-electron chi connectivity index (χ3n) is 3.58. The quantitative estimate of drug-likeness (QED) is 0.714. The van der Waals surface area contributed by atoms with Crippen LogP contribution in [0.4, 0.5) is 5.13 Å². The molecule has 0 atom stereocenters. The Bertz CT molecular complexity index is 764. The van der Waals surface area contributed by atoms with Crippen LogP contribution in [0.3, 0.4) is 0 Å². The predicted octanol–water partition coefficient (Wildman–Crippen LogP) is 4.96. The minimum absolute atomic E-state index is 0.123. The van der Waals surface area contributed by atoms with Crippen LogP contribution in [0, 0.1) is 0 Å². The molecule has 2 amide bonds. The predicted molar refractivity (Wildman–Crippen MR) is 103 cm³/mol. The number of benzene rings is 1. The molecule has 2 aromatic rings.